The van der Waals surface area contributed by atoms with Crippen molar-refractivity contribution in [3.8, 4) is 5.75 Å². The van der Waals surface area contributed by atoms with Gasteiger partial charge in [-0.25, -0.2) is 4.98 Å². The number of benzene rings is 1. The van der Waals surface area contributed by atoms with E-state index in [9.17, 15) is 9.59 Å². The molecule has 0 fully saturated rings. The number of methoxy groups -OCH3 is 1. The average molecular weight is 498 g/mol. The number of nitrogens with one attached hydrogen (secondary N) is 1. The van der Waals surface area contributed by atoms with Crippen LogP contribution in [0.3, 0.4) is 0 Å². The number of aryl methyl sites for hydroxylation is 4. The van der Waals surface area contributed by atoms with Crippen molar-refractivity contribution in [3.05, 3.63) is 63.5 Å². The summed E-state index contributed by atoms with van der Waals surface area (Å²) in [6, 6.07) is 5.98. The molecule has 3 heterocycles. The summed E-state index contributed by atoms with van der Waals surface area (Å²) in [6.07, 6.45) is 6.51. The maximum atomic E-state index is 12.5. The van der Waals surface area contributed by atoms with Gasteiger partial charge < -0.3 is 25.3 Å². The summed E-state index contributed by atoms with van der Waals surface area (Å²) < 4.78 is 7.43. The number of thiophene rings is 1. The SMILES string of the molecule is CCn1cnc(C)c1.COc1ccc(C)cc1CCC(=O)Nc1sc2c(c1CN)CCN(C=O)C2. The first-order valence-electron chi connectivity index (χ1n) is 11.8. The number of hydrogen-bond acceptors (Lipinski definition) is 6. The van der Waals surface area contributed by atoms with Crippen molar-refractivity contribution < 1.29 is 14.3 Å². The highest BCUT2D eigenvalue weighted by Crippen LogP contribution is 2.36. The molecule has 0 aliphatic carbocycles. The number of ether oxygens (including phenoxy) is 1. The molecule has 1 aliphatic heterocycles. The molecule has 0 unspecified atom stereocenters. The lowest BCUT2D eigenvalue weighted by molar-refractivity contribution is -0.119. The number of fused-ring (bicyclic) bond motifs is 1. The molecule has 4 rings (SSSR count). The van der Waals surface area contributed by atoms with Crippen LogP contribution in [-0.4, -0.2) is 40.4 Å². The standard InChI is InChI=1S/C20H25N3O3S.C6H10N2/c1-13-3-5-17(26-2)14(9-13)4-6-19(25)22-20-16(10-21)15-7-8-23(12-24)11-18(15)27-20;1-3-8-4-6(2)7-5-8/h3,5,9,12H,4,6-8,10-11,21H2,1-2H3,(H,22,25);4-5H,3H2,1-2H3. The van der Waals surface area contributed by atoms with E-state index in [1.807, 2.05) is 38.5 Å². The summed E-state index contributed by atoms with van der Waals surface area (Å²) >= 11 is 1.53. The van der Waals surface area contributed by atoms with Crippen molar-refractivity contribution in [2.75, 3.05) is 19.0 Å². The van der Waals surface area contributed by atoms with E-state index in [-0.39, 0.29) is 5.91 Å². The molecule has 0 bridgehead atoms. The van der Waals surface area contributed by atoms with Crippen molar-refractivity contribution in [3.63, 3.8) is 0 Å². The number of amides is 2. The van der Waals surface area contributed by atoms with E-state index in [0.717, 1.165) is 57.4 Å². The van der Waals surface area contributed by atoms with Crippen LogP contribution < -0.4 is 15.8 Å². The van der Waals surface area contributed by atoms with Gasteiger partial charge in [0.25, 0.3) is 0 Å². The van der Waals surface area contributed by atoms with Gasteiger partial charge in [-0.1, -0.05) is 17.7 Å². The summed E-state index contributed by atoms with van der Waals surface area (Å²) in [5, 5.41) is 3.84. The van der Waals surface area contributed by atoms with Gasteiger partial charge in [0.05, 0.1) is 30.7 Å². The summed E-state index contributed by atoms with van der Waals surface area (Å²) in [4.78, 5) is 30.5. The number of rotatable bonds is 8. The molecule has 2 amide bonds. The molecule has 35 heavy (non-hydrogen) atoms. The number of imidazole rings is 1. The molecular weight excluding hydrogens is 462 g/mol. The van der Waals surface area contributed by atoms with Gasteiger partial charge in [-0.15, -0.1) is 11.3 Å². The monoisotopic (exact) mass is 497 g/mol. The average Bonchev–Trinajstić information content (AvgIpc) is 3.44. The van der Waals surface area contributed by atoms with E-state index >= 15 is 0 Å². The zero-order valence-electron chi connectivity index (χ0n) is 21.0. The highest BCUT2D eigenvalue weighted by Gasteiger charge is 2.23. The molecule has 0 radical (unpaired) electrons. The van der Waals surface area contributed by atoms with Gasteiger partial charge in [0.1, 0.15) is 5.75 Å². The van der Waals surface area contributed by atoms with Crippen LogP contribution in [0.25, 0.3) is 0 Å². The van der Waals surface area contributed by atoms with Crippen molar-refractivity contribution in [1.29, 1.82) is 0 Å². The van der Waals surface area contributed by atoms with Crippen LogP contribution >= 0.6 is 11.3 Å². The highest BCUT2D eigenvalue weighted by atomic mass is 32.1. The van der Waals surface area contributed by atoms with Crippen LogP contribution in [0.1, 0.15) is 46.2 Å². The number of hydrogen-bond donors (Lipinski definition) is 2. The first-order chi connectivity index (χ1) is 16.9. The Balaban J connectivity index is 0.000000363. The van der Waals surface area contributed by atoms with Crippen molar-refractivity contribution in [2.24, 2.45) is 5.73 Å². The second kappa shape index (κ2) is 12.5. The van der Waals surface area contributed by atoms with Crippen LogP contribution in [0.2, 0.25) is 0 Å². The van der Waals surface area contributed by atoms with E-state index in [2.05, 4.69) is 27.9 Å². The normalized spacial score (nSPS) is 12.4. The third-order valence-corrected chi connectivity index (χ3v) is 7.16. The Morgan fingerprint density at radius 1 is 1.34 bits per heavy atom. The first-order valence-corrected chi connectivity index (χ1v) is 12.6. The van der Waals surface area contributed by atoms with E-state index in [1.54, 1.807) is 12.0 Å². The lowest BCUT2D eigenvalue weighted by atomic mass is 10.0. The van der Waals surface area contributed by atoms with E-state index in [0.29, 0.717) is 32.5 Å². The molecular formula is C26H35N5O3S. The van der Waals surface area contributed by atoms with Gasteiger partial charge in [-0.2, -0.15) is 0 Å². The molecule has 2 aromatic heterocycles. The topological polar surface area (TPSA) is 102 Å². The molecule has 188 valence electrons. The number of carbonyl (C=O) groups excluding carboxylic acids is 2. The molecule has 9 heteroatoms. The minimum Gasteiger partial charge on any atom is -0.496 e. The molecule has 1 aromatic carbocycles. The van der Waals surface area contributed by atoms with Crippen LogP contribution in [0, 0.1) is 13.8 Å². The molecule has 3 N–H and O–H groups in total. The van der Waals surface area contributed by atoms with Gasteiger partial charge in [0.2, 0.25) is 12.3 Å². The second-order valence-electron chi connectivity index (χ2n) is 8.55. The molecule has 8 nitrogen and oxygen atoms in total. The molecule has 1 aliphatic rings. The quantitative estimate of drug-likeness (QED) is 0.461. The first kappa shape index (κ1) is 26.4. The Hall–Kier alpha value is -3.17. The number of nitrogens with zero attached hydrogens (tertiary/aromatic N) is 3. The van der Waals surface area contributed by atoms with Gasteiger partial charge in [0.15, 0.2) is 0 Å². The molecule has 0 atom stereocenters. The fourth-order valence-electron chi connectivity index (χ4n) is 4.08. The summed E-state index contributed by atoms with van der Waals surface area (Å²) in [6.45, 7) is 8.80. The van der Waals surface area contributed by atoms with Crippen LogP contribution in [-0.2, 0) is 42.1 Å². The predicted octanol–water partition coefficient (Wildman–Crippen LogP) is 3.82. The fourth-order valence-corrected chi connectivity index (χ4v) is 5.40. The Morgan fingerprint density at radius 3 is 2.74 bits per heavy atom. The maximum Gasteiger partial charge on any atom is 0.225 e. The van der Waals surface area contributed by atoms with E-state index in [1.165, 1.54) is 16.9 Å². The van der Waals surface area contributed by atoms with Crippen LogP contribution in [0.15, 0.2) is 30.7 Å². The zero-order valence-corrected chi connectivity index (χ0v) is 21.8. The lowest BCUT2D eigenvalue weighted by Gasteiger charge is -2.23. The molecule has 3 aromatic rings. The van der Waals surface area contributed by atoms with Gasteiger partial charge in [-0.3, -0.25) is 9.59 Å². The Kier molecular flexibility index (Phi) is 9.45. The van der Waals surface area contributed by atoms with Crippen molar-refractivity contribution in [2.45, 2.75) is 59.7 Å². The highest BCUT2D eigenvalue weighted by molar-refractivity contribution is 7.16. The molecule has 0 spiro atoms. The minimum atomic E-state index is -0.0425. The Labute approximate surface area is 211 Å². The molecule has 0 saturated heterocycles. The minimum absolute atomic E-state index is 0.0425. The second-order valence-corrected chi connectivity index (χ2v) is 9.66. The smallest absolute Gasteiger partial charge is 0.225 e. The van der Waals surface area contributed by atoms with Gasteiger partial charge in [-0.05, 0) is 50.8 Å². The maximum absolute atomic E-state index is 12.5. The third kappa shape index (κ3) is 6.93. The molecule has 0 saturated carbocycles. The Morgan fingerprint density at radius 2 is 2.14 bits per heavy atom. The van der Waals surface area contributed by atoms with Gasteiger partial charge >= 0.3 is 0 Å². The predicted molar refractivity (Wildman–Crippen MR) is 140 cm³/mol. The lowest BCUT2D eigenvalue weighted by Crippen LogP contribution is -2.28. The Bertz CT molecular complexity index is 1150. The number of aromatic nitrogens is 2. The van der Waals surface area contributed by atoms with E-state index < -0.39 is 0 Å². The third-order valence-electron chi connectivity index (χ3n) is 5.99. The summed E-state index contributed by atoms with van der Waals surface area (Å²) in [5.74, 6) is 0.760. The van der Waals surface area contributed by atoms with Crippen LogP contribution in [0.5, 0.6) is 5.75 Å². The number of nitrogens with two attached hydrogens (primary N) is 1. The number of carbonyl (C=O) groups is 2. The summed E-state index contributed by atoms with van der Waals surface area (Å²) in [5.41, 5.74) is 11.4. The van der Waals surface area contributed by atoms with Crippen LogP contribution in [0.4, 0.5) is 5.00 Å². The van der Waals surface area contributed by atoms with Gasteiger partial charge in [0, 0.05) is 42.7 Å². The number of anilines is 1. The largest absolute Gasteiger partial charge is 0.496 e. The van der Waals surface area contributed by atoms with Crippen molar-refractivity contribution in [1.82, 2.24) is 14.5 Å². The van der Waals surface area contributed by atoms with Crippen molar-refractivity contribution >= 4 is 28.7 Å². The fraction of sp³-hybridized carbons (Fsp3) is 0.423. The zero-order chi connectivity index (χ0) is 25.4. The van der Waals surface area contributed by atoms with E-state index in [4.69, 9.17) is 10.5 Å². The summed E-state index contributed by atoms with van der Waals surface area (Å²) in [7, 11) is 1.64.